The van der Waals surface area contributed by atoms with Crippen LogP contribution in [0.2, 0.25) is 0 Å². The molecule has 0 aromatic heterocycles. The third kappa shape index (κ3) is 6.32. The van der Waals surface area contributed by atoms with Crippen molar-refractivity contribution in [2.75, 3.05) is 0 Å². The third-order valence-corrected chi connectivity index (χ3v) is 9.91. The average molecular weight is 588 g/mol. The number of nitrogens with one attached hydrogen (secondary N) is 1. The molecule has 3 heterocycles. The van der Waals surface area contributed by atoms with Crippen molar-refractivity contribution < 1.29 is 47.2 Å². The van der Waals surface area contributed by atoms with E-state index >= 15 is 0 Å². The van der Waals surface area contributed by atoms with Crippen LogP contribution in [0.15, 0.2) is 23.6 Å². The molecule has 0 spiro atoms. The lowest BCUT2D eigenvalue weighted by Gasteiger charge is -2.34. The Labute approximate surface area is 239 Å². The Hall–Kier alpha value is -2.11. The van der Waals surface area contributed by atoms with Crippen molar-refractivity contribution >= 4 is 11.8 Å². The van der Waals surface area contributed by atoms with Crippen LogP contribution in [-0.4, -0.2) is 70.3 Å². The van der Waals surface area contributed by atoms with Gasteiger partial charge in [0.2, 0.25) is 0 Å². The summed E-state index contributed by atoms with van der Waals surface area (Å²) in [5.74, 6) is -3.10. The largest absolute Gasteiger partial charge is 0.494 e. The van der Waals surface area contributed by atoms with Crippen LogP contribution in [0.3, 0.4) is 0 Å². The van der Waals surface area contributed by atoms with E-state index in [1.165, 1.54) is 20.1 Å². The van der Waals surface area contributed by atoms with Gasteiger partial charge in [-0.05, 0) is 63.0 Å². The topological polar surface area (TPSA) is 118 Å². The van der Waals surface area contributed by atoms with E-state index in [4.69, 9.17) is 14.2 Å². The number of carbonyl (C=O) groups excluding carboxylic acids is 2. The smallest absolute Gasteiger partial charge is 0.420 e. The van der Waals surface area contributed by atoms with Crippen LogP contribution < -0.4 is 5.32 Å². The zero-order chi connectivity index (χ0) is 30.7. The molecule has 0 radical (unpaired) electrons. The van der Waals surface area contributed by atoms with Gasteiger partial charge in [0.1, 0.15) is 30.4 Å². The molecule has 1 aliphatic carbocycles. The minimum Gasteiger partial charge on any atom is -0.494 e. The predicted molar refractivity (Wildman–Crippen MR) is 143 cm³/mol. The number of allylic oxidation sites excluding steroid dienone is 1. The highest BCUT2D eigenvalue weighted by atomic mass is 19.4. The van der Waals surface area contributed by atoms with E-state index in [1.54, 1.807) is 26.8 Å². The van der Waals surface area contributed by atoms with E-state index < -0.39 is 71.6 Å². The number of hydrogen-bond donors (Lipinski definition) is 3. The number of cyclic esters (lactones) is 1. The lowest BCUT2D eigenvalue weighted by molar-refractivity contribution is -0.187. The summed E-state index contributed by atoms with van der Waals surface area (Å²) in [6.07, 6.45) is -6.87. The number of Topliss-reactive ketones (excluding diaryl/α,β-unsaturated/α-hetero) is 1. The summed E-state index contributed by atoms with van der Waals surface area (Å²) in [5.41, 5.74) is -2.66. The lowest BCUT2D eigenvalue weighted by Crippen LogP contribution is -2.46. The van der Waals surface area contributed by atoms with Crippen molar-refractivity contribution in [1.29, 1.82) is 0 Å². The van der Waals surface area contributed by atoms with Crippen LogP contribution in [0.4, 0.5) is 13.2 Å². The van der Waals surface area contributed by atoms with Crippen LogP contribution >= 0.6 is 0 Å². The van der Waals surface area contributed by atoms with E-state index in [0.717, 1.165) is 0 Å². The van der Waals surface area contributed by atoms with Gasteiger partial charge in [-0.15, -0.1) is 0 Å². The summed E-state index contributed by atoms with van der Waals surface area (Å²) in [6, 6.07) is -0.0204. The summed E-state index contributed by atoms with van der Waals surface area (Å²) < 4.78 is 60.0. The molecule has 11 atom stereocenters. The Bertz CT molecular complexity index is 1090. The average Bonchev–Trinajstić information content (AvgIpc) is 3.80. The summed E-state index contributed by atoms with van der Waals surface area (Å²) in [5, 5.41) is 25.2. The Morgan fingerprint density at radius 3 is 2.39 bits per heavy atom. The molecule has 8 nitrogen and oxygen atoms in total. The minimum absolute atomic E-state index is 0.0204. The lowest BCUT2D eigenvalue weighted by atomic mass is 9.72. The molecule has 41 heavy (non-hydrogen) atoms. The number of ether oxygens (including phenoxy) is 3. The van der Waals surface area contributed by atoms with Crippen molar-refractivity contribution in [1.82, 2.24) is 5.32 Å². The maximum atomic E-state index is 14.4. The van der Waals surface area contributed by atoms with E-state index in [2.05, 4.69) is 5.32 Å². The number of ketones is 1. The number of carbonyl (C=O) groups is 2. The number of halogens is 3. The molecule has 4 rings (SSSR count). The first-order valence-electron chi connectivity index (χ1n) is 14.5. The fraction of sp³-hybridized carbons (Fsp3) is 0.800. The van der Waals surface area contributed by atoms with Gasteiger partial charge in [-0.3, -0.25) is 9.59 Å². The third-order valence-electron chi connectivity index (χ3n) is 9.91. The van der Waals surface area contributed by atoms with Crippen molar-refractivity contribution in [2.45, 2.75) is 122 Å². The Balaban J connectivity index is 1.65. The number of alkyl halides is 3. The highest BCUT2D eigenvalue weighted by molar-refractivity contribution is 5.88. The molecule has 0 bridgehead atoms. The van der Waals surface area contributed by atoms with Crippen LogP contribution in [0, 0.1) is 29.1 Å². The van der Waals surface area contributed by atoms with Gasteiger partial charge in [-0.1, -0.05) is 27.7 Å². The highest BCUT2D eigenvalue weighted by Gasteiger charge is 2.74. The Morgan fingerprint density at radius 2 is 1.78 bits per heavy atom. The fourth-order valence-corrected chi connectivity index (χ4v) is 6.42. The summed E-state index contributed by atoms with van der Waals surface area (Å²) in [7, 11) is 0. The molecule has 1 saturated carbocycles. The van der Waals surface area contributed by atoms with Gasteiger partial charge in [0, 0.05) is 12.3 Å². The van der Waals surface area contributed by atoms with Gasteiger partial charge >= 0.3 is 12.1 Å². The molecule has 3 fully saturated rings. The van der Waals surface area contributed by atoms with Crippen molar-refractivity contribution in [3.05, 3.63) is 23.6 Å². The van der Waals surface area contributed by atoms with Gasteiger partial charge in [-0.25, -0.2) is 0 Å². The molecule has 0 aromatic carbocycles. The molecule has 0 amide bonds. The van der Waals surface area contributed by atoms with Crippen molar-refractivity contribution in [2.24, 2.45) is 29.1 Å². The number of hydrogen-bond acceptors (Lipinski definition) is 8. The zero-order valence-electron chi connectivity index (χ0n) is 24.8. The molecule has 4 aliphatic rings. The van der Waals surface area contributed by atoms with E-state index in [9.17, 15) is 33.0 Å². The SMILES string of the molecule is C/C(=C\C1=COC(C)C(C)N1)[C@@H]1CC2OC2(C(F)(F)F)CC2CC2[C@H](C)[C@H](O)[C@@H](C)C(=O)C(C)(C)[C@@H](O)CC(=O)O1. The van der Waals surface area contributed by atoms with E-state index in [-0.39, 0.29) is 36.8 Å². The second-order valence-electron chi connectivity index (χ2n) is 13.3. The first-order valence-corrected chi connectivity index (χ1v) is 14.5. The number of rotatable bonds is 2. The van der Waals surface area contributed by atoms with Gasteiger partial charge < -0.3 is 29.7 Å². The van der Waals surface area contributed by atoms with Crippen LogP contribution in [0.25, 0.3) is 0 Å². The Morgan fingerprint density at radius 1 is 1.12 bits per heavy atom. The zero-order valence-corrected chi connectivity index (χ0v) is 24.8. The fourth-order valence-electron chi connectivity index (χ4n) is 6.42. The van der Waals surface area contributed by atoms with Gasteiger partial charge in [0.05, 0.1) is 35.8 Å². The molecular weight excluding hydrogens is 543 g/mol. The van der Waals surface area contributed by atoms with Crippen LogP contribution in [0.5, 0.6) is 0 Å². The molecule has 3 aliphatic heterocycles. The van der Waals surface area contributed by atoms with E-state index in [0.29, 0.717) is 17.7 Å². The standard InChI is InChI=1S/C30H44F3NO7/c1-14(8-20-13-39-18(5)17(4)34-20)22-10-24-29(41-24,30(31,32)33)12-19-9-21(19)15(2)26(37)16(3)27(38)28(6,7)23(35)11-25(36)40-22/h8,13,15-19,21-24,26,34-35,37H,9-12H2,1-7H3/b14-8+/t15-,16+,17?,18?,19?,21?,22-,23-,24?,26-,29?/m0/s1. The van der Waals surface area contributed by atoms with Crippen LogP contribution in [-0.2, 0) is 23.8 Å². The van der Waals surface area contributed by atoms with Crippen molar-refractivity contribution in [3.63, 3.8) is 0 Å². The van der Waals surface area contributed by atoms with E-state index in [1.807, 2.05) is 13.8 Å². The maximum absolute atomic E-state index is 14.4. The second kappa shape index (κ2) is 11.2. The normalized spacial score (nSPS) is 43.9. The first-order chi connectivity index (χ1) is 18.9. The first kappa shape index (κ1) is 31.8. The summed E-state index contributed by atoms with van der Waals surface area (Å²) in [4.78, 5) is 26.4. The second-order valence-corrected chi connectivity index (χ2v) is 13.3. The summed E-state index contributed by atoms with van der Waals surface area (Å²) in [6.45, 7) is 11.8. The van der Waals surface area contributed by atoms with Gasteiger partial charge in [0.25, 0.3) is 0 Å². The van der Waals surface area contributed by atoms with Gasteiger partial charge in [0.15, 0.2) is 5.60 Å². The summed E-state index contributed by atoms with van der Waals surface area (Å²) >= 11 is 0. The highest BCUT2D eigenvalue weighted by Crippen LogP contribution is 2.61. The quantitative estimate of drug-likeness (QED) is 0.325. The monoisotopic (exact) mass is 587 g/mol. The Kier molecular flexibility index (Phi) is 8.68. The minimum atomic E-state index is -4.64. The molecular formula is C30H44F3NO7. The molecule has 2 saturated heterocycles. The molecule has 232 valence electrons. The number of epoxide rings is 1. The number of esters is 1. The van der Waals surface area contributed by atoms with Gasteiger partial charge in [-0.2, -0.15) is 13.2 Å². The molecule has 3 N–H and O–H groups in total. The van der Waals surface area contributed by atoms with Crippen molar-refractivity contribution in [3.8, 4) is 0 Å². The number of aliphatic hydroxyl groups excluding tert-OH is 2. The number of fused-ring (bicyclic) bond motifs is 2. The van der Waals surface area contributed by atoms with Crippen LogP contribution in [0.1, 0.15) is 74.1 Å². The molecule has 11 heteroatoms. The molecule has 0 aromatic rings. The predicted octanol–water partition coefficient (Wildman–Crippen LogP) is 4.19. The maximum Gasteiger partial charge on any atom is 0.420 e. The number of aliphatic hydroxyl groups is 2. The molecule has 6 unspecified atom stereocenters.